The van der Waals surface area contributed by atoms with Gasteiger partial charge in [0.1, 0.15) is 5.75 Å². The van der Waals surface area contributed by atoms with Crippen LogP contribution < -0.4 is 10.5 Å². The number of rotatable bonds is 4. The van der Waals surface area contributed by atoms with Crippen molar-refractivity contribution in [1.82, 2.24) is 0 Å². The van der Waals surface area contributed by atoms with Crippen molar-refractivity contribution in [2.24, 2.45) is 5.73 Å². The molecule has 0 amide bonds. The van der Waals surface area contributed by atoms with Crippen LogP contribution in [0.25, 0.3) is 0 Å². The SMILES string of the molecule is NCC1(c2cc(Cl)ccc2OC2CCC2)CCCCC1. The van der Waals surface area contributed by atoms with Gasteiger partial charge in [-0.25, -0.2) is 0 Å². The predicted molar refractivity (Wildman–Crippen MR) is 83.5 cm³/mol. The Morgan fingerprint density at radius 2 is 1.90 bits per heavy atom. The fraction of sp³-hybridized carbons (Fsp3) is 0.647. The van der Waals surface area contributed by atoms with Crippen molar-refractivity contribution < 1.29 is 4.74 Å². The maximum atomic E-state index is 6.24. The topological polar surface area (TPSA) is 35.2 Å². The highest BCUT2D eigenvalue weighted by Gasteiger charge is 2.36. The molecule has 0 aromatic heterocycles. The Morgan fingerprint density at radius 1 is 1.15 bits per heavy atom. The van der Waals surface area contributed by atoms with Gasteiger partial charge in [0, 0.05) is 22.5 Å². The van der Waals surface area contributed by atoms with Gasteiger partial charge < -0.3 is 10.5 Å². The molecule has 2 saturated carbocycles. The summed E-state index contributed by atoms with van der Waals surface area (Å²) in [4.78, 5) is 0. The summed E-state index contributed by atoms with van der Waals surface area (Å²) in [5, 5.41) is 0.791. The molecule has 2 nitrogen and oxygen atoms in total. The van der Waals surface area contributed by atoms with Crippen LogP contribution in [-0.2, 0) is 5.41 Å². The highest BCUT2D eigenvalue weighted by atomic mass is 35.5. The highest BCUT2D eigenvalue weighted by molar-refractivity contribution is 6.30. The van der Waals surface area contributed by atoms with Crippen LogP contribution in [0.1, 0.15) is 56.9 Å². The number of hydrogen-bond donors (Lipinski definition) is 1. The number of hydrogen-bond acceptors (Lipinski definition) is 2. The molecule has 2 aliphatic carbocycles. The minimum Gasteiger partial charge on any atom is -0.490 e. The molecule has 2 aliphatic rings. The second kappa shape index (κ2) is 5.95. The third-order valence-corrected chi connectivity index (χ3v) is 5.30. The van der Waals surface area contributed by atoms with E-state index < -0.39 is 0 Å². The lowest BCUT2D eigenvalue weighted by Gasteiger charge is -2.39. The number of ether oxygens (including phenoxy) is 1. The number of halogens is 1. The first kappa shape index (κ1) is 14.2. The summed E-state index contributed by atoms with van der Waals surface area (Å²) in [5.41, 5.74) is 7.49. The summed E-state index contributed by atoms with van der Waals surface area (Å²) in [6.07, 6.45) is 10.2. The lowest BCUT2D eigenvalue weighted by molar-refractivity contribution is 0.116. The van der Waals surface area contributed by atoms with E-state index in [0.29, 0.717) is 12.6 Å². The Balaban J connectivity index is 1.93. The van der Waals surface area contributed by atoms with Gasteiger partial charge in [0.2, 0.25) is 0 Å². The number of benzene rings is 1. The Kier molecular flexibility index (Phi) is 4.23. The largest absolute Gasteiger partial charge is 0.490 e. The van der Waals surface area contributed by atoms with Crippen LogP contribution in [0.3, 0.4) is 0 Å². The fourth-order valence-electron chi connectivity index (χ4n) is 3.50. The van der Waals surface area contributed by atoms with Crippen molar-refractivity contribution in [3.8, 4) is 5.75 Å². The lowest BCUT2D eigenvalue weighted by Crippen LogP contribution is -2.38. The standard InChI is InChI=1S/C17H24ClNO/c18-13-7-8-16(20-14-5-4-6-14)15(11-13)17(12-19)9-2-1-3-10-17/h7-8,11,14H,1-6,9-10,12,19H2. The molecule has 3 heteroatoms. The van der Waals surface area contributed by atoms with Gasteiger partial charge in [-0.1, -0.05) is 30.9 Å². The van der Waals surface area contributed by atoms with E-state index >= 15 is 0 Å². The van der Waals surface area contributed by atoms with Crippen molar-refractivity contribution in [2.75, 3.05) is 6.54 Å². The Hall–Kier alpha value is -0.730. The average molecular weight is 294 g/mol. The van der Waals surface area contributed by atoms with Gasteiger partial charge in [-0.15, -0.1) is 0 Å². The van der Waals surface area contributed by atoms with Crippen LogP contribution in [0, 0.1) is 0 Å². The van der Waals surface area contributed by atoms with Crippen molar-refractivity contribution in [1.29, 1.82) is 0 Å². The van der Waals surface area contributed by atoms with Crippen LogP contribution in [0.4, 0.5) is 0 Å². The first-order valence-electron chi connectivity index (χ1n) is 7.90. The molecule has 2 fully saturated rings. The molecular formula is C17H24ClNO. The van der Waals surface area contributed by atoms with Crippen LogP contribution in [0.15, 0.2) is 18.2 Å². The molecule has 3 rings (SSSR count). The maximum Gasteiger partial charge on any atom is 0.123 e. The van der Waals surface area contributed by atoms with Crippen molar-refractivity contribution >= 4 is 11.6 Å². The first-order valence-corrected chi connectivity index (χ1v) is 8.28. The molecular weight excluding hydrogens is 270 g/mol. The van der Waals surface area contributed by atoms with Crippen LogP contribution in [-0.4, -0.2) is 12.6 Å². The van der Waals surface area contributed by atoms with Gasteiger partial charge >= 0.3 is 0 Å². The van der Waals surface area contributed by atoms with E-state index in [9.17, 15) is 0 Å². The van der Waals surface area contributed by atoms with Crippen LogP contribution in [0.2, 0.25) is 5.02 Å². The third-order valence-electron chi connectivity index (χ3n) is 5.06. The van der Waals surface area contributed by atoms with E-state index in [2.05, 4.69) is 6.07 Å². The summed E-state index contributed by atoms with van der Waals surface area (Å²) in [6.45, 7) is 0.689. The minimum absolute atomic E-state index is 0.0717. The third kappa shape index (κ3) is 2.68. The van der Waals surface area contributed by atoms with E-state index in [1.54, 1.807) is 0 Å². The zero-order valence-electron chi connectivity index (χ0n) is 12.0. The average Bonchev–Trinajstić information content (AvgIpc) is 2.44. The predicted octanol–water partition coefficient (Wildman–Crippen LogP) is 4.43. The monoisotopic (exact) mass is 293 g/mol. The molecule has 1 aromatic rings. The Bertz CT molecular complexity index is 464. The molecule has 20 heavy (non-hydrogen) atoms. The molecule has 1 aromatic carbocycles. The summed E-state index contributed by atoms with van der Waals surface area (Å²) in [7, 11) is 0. The quantitative estimate of drug-likeness (QED) is 0.891. The van der Waals surface area contributed by atoms with Crippen LogP contribution >= 0.6 is 11.6 Å². The molecule has 0 unspecified atom stereocenters. The Morgan fingerprint density at radius 3 is 2.50 bits per heavy atom. The van der Waals surface area contributed by atoms with E-state index in [1.165, 1.54) is 44.1 Å². The second-order valence-electron chi connectivity index (χ2n) is 6.36. The van der Waals surface area contributed by atoms with Crippen molar-refractivity contribution in [3.63, 3.8) is 0 Å². The normalized spacial score (nSPS) is 22.3. The van der Waals surface area contributed by atoms with E-state index in [1.807, 2.05) is 12.1 Å². The molecule has 0 atom stereocenters. The molecule has 0 saturated heterocycles. The number of nitrogens with two attached hydrogens (primary N) is 1. The van der Waals surface area contributed by atoms with Gasteiger partial charge in [0.15, 0.2) is 0 Å². The van der Waals surface area contributed by atoms with Crippen molar-refractivity contribution in [3.05, 3.63) is 28.8 Å². The zero-order chi connectivity index (χ0) is 14.0. The minimum atomic E-state index is 0.0717. The van der Waals surface area contributed by atoms with Gasteiger partial charge in [-0.3, -0.25) is 0 Å². The maximum absolute atomic E-state index is 6.24. The molecule has 0 spiro atoms. The molecule has 0 radical (unpaired) electrons. The van der Waals surface area contributed by atoms with E-state index in [4.69, 9.17) is 22.1 Å². The fourth-order valence-corrected chi connectivity index (χ4v) is 3.67. The highest BCUT2D eigenvalue weighted by Crippen LogP contribution is 2.44. The summed E-state index contributed by atoms with van der Waals surface area (Å²) in [5.74, 6) is 1.02. The molecule has 2 N–H and O–H groups in total. The first-order chi connectivity index (χ1) is 9.73. The molecule has 0 bridgehead atoms. The second-order valence-corrected chi connectivity index (χ2v) is 6.79. The molecule has 110 valence electrons. The summed E-state index contributed by atoms with van der Waals surface area (Å²) < 4.78 is 6.20. The summed E-state index contributed by atoms with van der Waals surface area (Å²) in [6, 6.07) is 6.07. The van der Waals surface area contributed by atoms with Gasteiger partial charge in [-0.05, 0) is 50.3 Å². The zero-order valence-corrected chi connectivity index (χ0v) is 12.8. The van der Waals surface area contributed by atoms with Crippen LogP contribution in [0.5, 0.6) is 5.75 Å². The smallest absolute Gasteiger partial charge is 0.123 e. The van der Waals surface area contributed by atoms with E-state index in [-0.39, 0.29) is 5.41 Å². The molecule has 0 heterocycles. The Labute approximate surface area is 126 Å². The van der Waals surface area contributed by atoms with Gasteiger partial charge in [0.05, 0.1) is 6.10 Å². The lowest BCUT2D eigenvalue weighted by atomic mass is 9.69. The summed E-state index contributed by atoms with van der Waals surface area (Å²) >= 11 is 6.24. The van der Waals surface area contributed by atoms with E-state index in [0.717, 1.165) is 23.6 Å². The van der Waals surface area contributed by atoms with Gasteiger partial charge in [0.25, 0.3) is 0 Å². The van der Waals surface area contributed by atoms with Gasteiger partial charge in [-0.2, -0.15) is 0 Å². The molecule has 0 aliphatic heterocycles. The van der Waals surface area contributed by atoms with Crippen molar-refractivity contribution in [2.45, 2.75) is 62.9 Å².